The Bertz CT molecular complexity index is 290. The summed E-state index contributed by atoms with van der Waals surface area (Å²) in [6, 6.07) is 0.286. The van der Waals surface area contributed by atoms with Crippen molar-refractivity contribution >= 4 is 5.91 Å². The lowest BCUT2D eigenvalue weighted by Crippen LogP contribution is -2.43. The number of carbonyl (C=O) groups excluding carboxylic acids is 1. The minimum absolute atomic E-state index is 0.109. The zero-order valence-corrected chi connectivity index (χ0v) is 7.92. The molecule has 14 heavy (non-hydrogen) atoms. The first-order chi connectivity index (χ1) is 6.86. The van der Waals surface area contributed by atoms with Crippen molar-refractivity contribution in [2.45, 2.75) is 18.9 Å². The molecule has 0 spiro atoms. The predicted molar refractivity (Wildman–Crippen MR) is 51.9 cm³/mol. The number of carbonyl (C=O) groups is 1. The largest absolute Gasteiger partial charge is 0.347 e. The lowest BCUT2D eigenvalue weighted by atomic mass is 10.1. The number of imidazole rings is 1. The lowest BCUT2D eigenvalue weighted by molar-refractivity contribution is 0.0920. The Morgan fingerprint density at radius 1 is 1.50 bits per heavy atom. The molecule has 1 aromatic heterocycles. The Morgan fingerprint density at radius 3 is 2.93 bits per heavy atom. The van der Waals surface area contributed by atoms with Crippen LogP contribution in [0.5, 0.6) is 0 Å². The summed E-state index contributed by atoms with van der Waals surface area (Å²) in [5.74, 6) is 0.283. The van der Waals surface area contributed by atoms with Crippen LogP contribution in [0.2, 0.25) is 0 Å². The molecular formula is C9H14N4O. The molecule has 5 heteroatoms. The van der Waals surface area contributed by atoms with Crippen molar-refractivity contribution in [3.63, 3.8) is 0 Å². The number of aromatic nitrogens is 2. The van der Waals surface area contributed by atoms with Gasteiger partial charge < -0.3 is 15.6 Å². The monoisotopic (exact) mass is 194 g/mol. The van der Waals surface area contributed by atoms with Crippen molar-refractivity contribution in [2.24, 2.45) is 0 Å². The average molecular weight is 194 g/mol. The minimum atomic E-state index is -0.109. The SMILES string of the molecule is O=C(NC1CCNCC1)c1ncc[nH]1. The third kappa shape index (κ3) is 2.11. The number of nitrogens with zero attached hydrogens (tertiary/aromatic N) is 1. The summed E-state index contributed by atoms with van der Waals surface area (Å²) < 4.78 is 0. The second-order valence-corrected chi connectivity index (χ2v) is 3.44. The van der Waals surface area contributed by atoms with Crippen LogP contribution in [0.3, 0.4) is 0 Å². The fourth-order valence-corrected chi connectivity index (χ4v) is 1.61. The summed E-state index contributed by atoms with van der Waals surface area (Å²) in [4.78, 5) is 18.2. The summed E-state index contributed by atoms with van der Waals surface area (Å²) in [7, 11) is 0. The second kappa shape index (κ2) is 4.23. The Kier molecular flexibility index (Phi) is 2.78. The molecule has 76 valence electrons. The standard InChI is InChI=1S/C9H14N4O/c14-9(8-11-5-6-12-8)13-7-1-3-10-4-2-7/h5-7,10H,1-4H2,(H,11,12)(H,13,14). The van der Waals surface area contributed by atoms with Crippen LogP contribution >= 0.6 is 0 Å². The quantitative estimate of drug-likeness (QED) is 0.615. The summed E-state index contributed by atoms with van der Waals surface area (Å²) in [6.07, 6.45) is 5.22. The van der Waals surface area contributed by atoms with Gasteiger partial charge in [0.05, 0.1) is 0 Å². The molecule has 2 heterocycles. The van der Waals surface area contributed by atoms with Crippen molar-refractivity contribution in [3.05, 3.63) is 18.2 Å². The molecule has 0 aliphatic carbocycles. The highest BCUT2D eigenvalue weighted by Gasteiger charge is 2.17. The Balaban J connectivity index is 1.87. The number of amides is 1. The molecule has 1 aliphatic rings. The van der Waals surface area contributed by atoms with E-state index in [1.165, 1.54) is 0 Å². The fourth-order valence-electron chi connectivity index (χ4n) is 1.61. The molecular weight excluding hydrogens is 180 g/mol. The summed E-state index contributed by atoms with van der Waals surface area (Å²) in [5.41, 5.74) is 0. The average Bonchev–Trinajstić information content (AvgIpc) is 2.72. The number of piperidine rings is 1. The van der Waals surface area contributed by atoms with Gasteiger partial charge in [0.15, 0.2) is 5.82 Å². The Hall–Kier alpha value is -1.36. The number of hydrogen-bond acceptors (Lipinski definition) is 3. The zero-order chi connectivity index (χ0) is 9.80. The maximum Gasteiger partial charge on any atom is 0.287 e. The first kappa shape index (κ1) is 9.21. The maximum atomic E-state index is 11.5. The second-order valence-electron chi connectivity index (χ2n) is 3.44. The molecule has 1 saturated heterocycles. The van der Waals surface area contributed by atoms with E-state index in [9.17, 15) is 4.79 Å². The van der Waals surface area contributed by atoms with Crippen LogP contribution in [0, 0.1) is 0 Å². The van der Waals surface area contributed by atoms with Crippen LogP contribution in [0.25, 0.3) is 0 Å². The van der Waals surface area contributed by atoms with Crippen molar-refractivity contribution in [3.8, 4) is 0 Å². The molecule has 1 amide bonds. The van der Waals surface area contributed by atoms with E-state index in [1.54, 1.807) is 12.4 Å². The van der Waals surface area contributed by atoms with Crippen LogP contribution in [-0.4, -0.2) is 35.0 Å². The Morgan fingerprint density at radius 2 is 2.29 bits per heavy atom. The van der Waals surface area contributed by atoms with Crippen molar-refractivity contribution in [2.75, 3.05) is 13.1 Å². The topological polar surface area (TPSA) is 69.8 Å². The molecule has 1 aliphatic heterocycles. The first-order valence-electron chi connectivity index (χ1n) is 4.87. The first-order valence-corrected chi connectivity index (χ1v) is 4.87. The maximum absolute atomic E-state index is 11.5. The molecule has 2 rings (SSSR count). The predicted octanol–water partition coefficient (Wildman–Crippen LogP) is -0.109. The van der Waals surface area contributed by atoms with Gasteiger partial charge >= 0.3 is 0 Å². The lowest BCUT2D eigenvalue weighted by Gasteiger charge is -2.23. The van der Waals surface area contributed by atoms with Gasteiger partial charge in [-0.3, -0.25) is 4.79 Å². The van der Waals surface area contributed by atoms with Gasteiger partial charge in [-0.2, -0.15) is 0 Å². The van der Waals surface area contributed by atoms with Crippen LogP contribution in [0.4, 0.5) is 0 Å². The zero-order valence-electron chi connectivity index (χ0n) is 7.92. The van der Waals surface area contributed by atoms with Gasteiger partial charge in [-0.1, -0.05) is 0 Å². The molecule has 0 radical (unpaired) electrons. The summed E-state index contributed by atoms with van der Waals surface area (Å²) in [6.45, 7) is 1.95. The normalized spacial score (nSPS) is 18.0. The molecule has 0 bridgehead atoms. The van der Waals surface area contributed by atoms with Crippen LogP contribution in [0.15, 0.2) is 12.4 Å². The van der Waals surface area contributed by atoms with Crippen molar-refractivity contribution in [1.82, 2.24) is 20.6 Å². The number of nitrogens with one attached hydrogen (secondary N) is 3. The smallest absolute Gasteiger partial charge is 0.287 e. The van der Waals surface area contributed by atoms with Gasteiger partial charge in [-0.15, -0.1) is 0 Å². The molecule has 0 saturated carbocycles. The van der Waals surface area contributed by atoms with Gasteiger partial charge in [-0.25, -0.2) is 4.98 Å². The number of rotatable bonds is 2. The summed E-state index contributed by atoms with van der Waals surface area (Å²) in [5, 5.41) is 6.20. The van der Waals surface area contributed by atoms with Gasteiger partial charge in [0.2, 0.25) is 0 Å². The van der Waals surface area contributed by atoms with E-state index in [1.807, 2.05) is 0 Å². The highest BCUT2D eigenvalue weighted by Crippen LogP contribution is 2.02. The number of aromatic amines is 1. The highest BCUT2D eigenvalue weighted by molar-refractivity contribution is 5.90. The van der Waals surface area contributed by atoms with E-state index >= 15 is 0 Å². The highest BCUT2D eigenvalue weighted by atomic mass is 16.2. The molecule has 5 nitrogen and oxygen atoms in total. The number of hydrogen-bond donors (Lipinski definition) is 3. The van der Waals surface area contributed by atoms with E-state index < -0.39 is 0 Å². The van der Waals surface area contributed by atoms with Crippen LogP contribution < -0.4 is 10.6 Å². The van der Waals surface area contributed by atoms with E-state index in [2.05, 4.69) is 20.6 Å². The van der Waals surface area contributed by atoms with E-state index in [0.29, 0.717) is 5.82 Å². The molecule has 1 aromatic rings. The molecule has 0 unspecified atom stereocenters. The Labute approximate surface area is 82.3 Å². The van der Waals surface area contributed by atoms with Crippen LogP contribution in [-0.2, 0) is 0 Å². The van der Waals surface area contributed by atoms with E-state index in [-0.39, 0.29) is 11.9 Å². The third-order valence-electron chi connectivity index (χ3n) is 2.39. The van der Waals surface area contributed by atoms with Crippen molar-refractivity contribution in [1.29, 1.82) is 0 Å². The van der Waals surface area contributed by atoms with Gasteiger partial charge in [0.25, 0.3) is 5.91 Å². The van der Waals surface area contributed by atoms with Gasteiger partial charge in [0, 0.05) is 18.4 Å². The van der Waals surface area contributed by atoms with E-state index in [0.717, 1.165) is 25.9 Å². The van der Waals surface area contributed by atoms with Gasteiger partial charge in [0.1, 0.15) is 0 Å². The molecule has 0 atom stereocenters. The van der Waals surface area contributed by atoms with Gasteiger partial charge in [-0.05, 0) is 25.9 Å². The molecule has 0 aromatic carbocycles. The molecule has 3 N–H and O–H groups in total. The van der Waals surface area contributed by atoms with Crippen LogP contribution in [0.1, 0.15) is 23.5 Å². The van der Waals surface area contributed by atoms with Crippen molar-refractivity contribution < 1.29 is 4.79 Å². The fraction of sp³-hybridized carbons (Fsp3) is 0.556. The summed E-state index contributed by atoms with van der Waals surface area (Å²) >= 11 is 0. The third-order valence-corrected chi connectivity index (χ3v) is 2.39. The molecule has 1 fully saturated rings. The minimum Gasteiger partial charge on any atom is -0.347 e. The number of H-pyrrole nitrogens is 1. The van der Waals surface area contributed by atoms with E-state index in [4.69, 9.17) is 0 Å².